The molecule has 26 heavy (non-hydrogen) atoms. The van der Waals surface area contributed by atoms with Crippen molar-refractivity contribution in [3.05, 3.63) is 70.3 Å². The Labute approximate surface area is 151 Å². The van der Waals surface area contributed by atoms with Gasteiger partial charge < -0.3 is 4.90 Å². The van der Waals surface area contributed by atoms with Gasteiger partial charge in [0.15, 0.2) is 0 Å². The number of anilines is 1. The van der Waals surface area contributed by atoms with E-state index in [1.54, 1.807) is 24.1 Å². The third-order valence-electron chi connectivity index (χ3n) is 4.70. The van der Waals surface area contributed by atoms with Gasteiger partial charge in [0.25, 0.3) is 11.5 Å². The number of rotatable bonds is 3. The summed E-state index contributed by atoms with van der Waals surface area (Å²) in [6.45, 7) is 2.71. The van der Waals surface area contributed by atoms with E-state index in [4.69, 9.17) is 0 Å². The Bertz CT molecular complexity index is 1110. The lowest BCUT2D eigenvalue weighted by atomic mass is 10.1. The van der Waals surface area contributed by atoms with Gasteiger partial charge in [0.2, 0.25) is 0 Å². The molecule has 5 heteroatoms. The Hall–Kier alpha value is -3.21. The van der Waals surface area contributed by atoms with Crippen molar-refractivity contribution in [2.75, 3.05) is 11.4 Å². The van der Waals surface area contributed by atoms with Crippen LogP contribution in [0.25, 0.3) is 22.6 Å². The van der Waals surface area contributed by atoms with Crippen LogP contribution in [0.15, 0.2) is 53.3 Å². The first-order chi connectivity index (χ1) is 12.6. The fourth-order valence-corrected chi connectivity index (χ4v) is 3.39. The summed E-state index contributed by atoms with van der Waals surface area (Å²) in [5.74, 6) is 0.431. The van der Waals surface area contributed by atoms with Gasteiger partial charge in [0.05, 0.1) is 22.2 Å². The van der Waals surface area contributed by atoms with Crippen molar-refractivity contribution in [2.24, 2.45) is 7.05 Å². The van der Waals surface area contributed by atoms with Gasteiger partial charge >= 0.3 is 0 Å². The van der Waals surface area contributed by atoms with Gasteiger partial charge in [-0.2, -0.15) is 0 Å². The predicted octanol–water partition coefficient (Wildman–Crippen LogP) is 3.23. The lowest BCUT2D eigenvalue weighted by Crippen LogP contribution is -2.27. The van der Waals surface area contributed by atoms with Crippen LogP contribution < -0.4 is 10.5 Å². The highest BCUT2D eigenvalue weighted by Crippen LogP contribution is 2.37. The molecule has 130 valence electrons. The fraction of sp³-hybridized carbons (Fsp3) is 0.190. The lowest BCUT2D eigenvalue weighted by molar-refractivity contribution is -0.113. The molecule has 0 N–H and O–H groups in total. The number of hydrogen-bond acceptors (Lipinski definition) is 3. The zero-order chi connectivity index (χ0) is 18.3. The number of carbonyl (C=O) groups excluding carboxylic acids is 1. The monoisotopic (exact) mass is 345 g/mol. The van der Waals surface area contributed by atoms with Crippen LogP contribution in [-0.2, 0) is 11.8 Å². The summed E-state index contributed by atoms with van der Waals surface area (Å²) in [6, 6.07) is 15.0. The lowest BCUT2D eigenvalue weighted by Gasteiger charge is -2.15. The summed E-state index contributed by atoms with van der Waals surface area (Å²) in [7, 11) is 1.68. The van der Waals surface area contributed by atoms with Crippen LogP contribution in [0.5, 0.6) is 0 Å². The van der Waals surface area contributed by atoms with Gasteiger partial charge in [-0.3, -0.25) is 14.2 Å². The molecule has 4 rings (SSSR count). The Morgan fingerprint density at radius 2 is 1.77 bits per heavy atom. The van der Waals surface area contributed by atoms with Gasteiger partial charge in [0.1, 0.15) is 5.82 Å². The van der Waals surface area contributed by atoms with E-state index in [2.05, 4.69) is 4.98 Å². The molecule has 1 aliphatic heterocycles. The zero-order valence-corrected chi connectivity index (χ0v) is 14.8. The predicted molar refractivity (Wildman–Crippen MR) is 104 cm³/mol. The highest BCUT2D eigenvalue weighted by molar-refractivity contribution is 6.35. The van der Waals surface area contributed by atoms with Crippen LogP contribution in [0.3, 0.4) is 0 Å². The van der Waals surface area contributed by atoms with Gasteiger partial charge in [-0.15, -0.1) is 0 Å². The molecule has 0 aliphatic carbocycles. The second kappa shape index (κ2) is 6.26. The third-order valence-corrected chi connectivity index (χ3v) is 4.70. The average molecular weight is 345 g/mol. The van der Waals surface area contributed by atoms with E-state index < -0.39 is 0 Å². The summed E-state index contributed by atoms with van der Waals surface area (Å²) in [6.07, 6.45) is 2.60. The summed E-state index contributed by atoms with van der Waals surface area (Å²) < 4.78 is 1.49. The van der Waals surface area contributed by atoms with E-state index in [0.717, 1.165) is 17.7 Å². The summed E-state index contributed by atoms with van der Waals surface area (Å²) in [4.78, 5) is 32.0. The number of fused-ring (bicyclic) bond motifs is 2. The average Bonchev–Trinajstić information content (AvgIpc) is 2.92. The molecule has 5 nitrogen and oxygen atoms in total. The Morgan fingerprint density at radius 1 is 1.04 bits per heavy atom. The molecule has 0 fully saturated rings. The molecule has 1 aliphatic rings. The molecule has 0 saturated carbocycles. The zero-order valence-electron chi connectivity index (χ0n) is 14.8. The number of aromatic nitrogens is 2. The first-order valence-electron chi connectivity index (χ1n) is 8.70. The van der Waals surface area contributed by atoms with E-state index in [1.807, 2.05) is 49.4 Å². The highest BCUT2D eigenvalue weighted by Gasteiger charge is 2.31. The highest BCUT2D eigenvalue weighted by atomic mass is 16.2. The number of amides is 1. The van der Waals surface area contributed by atoms with Gasteiger partial charge in [-0.1, -0.05) is 37.3 Å². The maximum absolute atomic E-state index is 13.0. The second-order valence-electron chi connectivity index (χ2n) is 6.38. The van der Waals surface area contributed by atoms with Crippen LogP contribution in [0, 0.1) is 0 Å². The minimum atomic E-state index is -0.119. The molecular weight excluding hydrogens is 326 g/mol. The molecule has 0 radical (unpaired) electrons. The van der Waals surface area contributed by atoms with Crippen molar-refractivity contribution in [1.82, 2.24) is 9.55 Å². The molecule has 1 amide bonds. The number of nitrogens with zero attached hydrogens (tertiary/aromatic N) is 3. The summed E-state index contributed by atoms with van der Waals surface area (Å²) >= 11 is 0. The molecule has 2 aromatic carbocycles. The number of benzene rings is 2. The molecule has 0 spiro atoms. The van der Waals surface area contributed by atoms with E-state index in [1.165, 1.54) is 4.57 Å². The Kier molecular flexibility index (Phi) is 3.92. The van der Waals surface area contributed by atoms with Crippen LogP contribution >= 0.6 is 0 Å². The largest absolute Gasteiger partial charge is 0.308 e. The van der Waals surface area contributed by atoms with Crippen LogP contribution in [-0.4, -0.2) is 22.0 Å². The molecule has 0 bridgehead atoms. The number of carbonyl (C=O) groups is 1. The molecule has 2 heterocycles. The topological polar surface area (TPSA) is 55.2 Å². The Morgan fingerprint density at radius 3 is 2.58 bits per heavy atom. The number of para-hydroxylation sites is 2. The maximum Gasteiger partial charge on any atom is 0.261 e. The van der Waals surface area contributed by atoms with Crippen molar-refractivity contribution in [3.63, 3.8) is 0 Å². The van der Waals surface area contributed by atoms with E-state index in [9.17, 15) is 9.59 Å². The smallest absolute Gasteiger partial charge is 0.261 e. The van der Waals surface area contributed by atoms with Gasteiger partial charge in [-0.05, 0) is 30.7 Å². The molecule has 0 atom stereocenters. The first-order valence-corrected chi connectivity index (χ1v) is 8.70. The van der Waals surface area contributed by atoms with Crippen LogP contribution in [0.2, 0.25) is 0 Å². The quantitative estimate of drug-likeness (QED) is 0.685. The van der Waals surface area contributed by atoms with Crippen molar-refractivity contribution >= 4 is 34.1 Å². The summed E-state index contributed by atoms with van der Waals surface area (Å²) in [5, 5.41) is 0.572. The van der Waals surface area contributed by atoms with Crippen molar-refractivity contribution in [1.29, 1.82) is 0 Å². The van der Waals surface area contributed by atoms with E-state index in [-0.39, 0.29) is 11.5 Å². The summed E-state index contributed by atoms with van der Waals surface area (Å²) in [5.41, 5.74) is 2.88. The molecule has 0 unspecified atom stereocenters. The molecule has 1 aromatic heterocycles. The van der Waals surface area contributed by atoms with Gasteiger partial charge in [-0.25, -0.2) is 4.98 Å². The maximum atomic E-state index is 13.0. The Balaban J connectivity index is 1.92. The van der Waals surface area contributed by atoms with Crippen molar-refractivity contribution in [2.45, 2.75) is 13.3 Å². The third kappa shape index (κ3) is 2.44. The normalized spacial score (nSPS) is 15.1. The van der Waals surface area contributed by atoms with Gasteiger partial charge in [0, 0.05) is 19.2 Å². The number of hydrogen-bond donors (Lipinski definition) is 0. The van der Waals surface area contributed by atoms with E-state index >= 15 is 0 Å². The first kappa shape index (κ1) is 16.3. The standard InChI is InChI=1S/C21H19N3O2/c1-3-12-24-18-11-7-5-8-14(18)16(21(24)26)13-19-22-17-10-6-4-9-15(17)20(25)23(19)2/h4-11,13H,3,12H2,1-2H3/b16-13+. The minimum Gasteiger partial charge on any atom is -0.308 e. The van der Waals surface area contributed by atoms with Crippen LogP contribution in [0.1, 0.15) is 24.7 Å². The molecular formula is C21H19N3O2. The van der Waals surface area contributed by atoms with Crippen molar-refractivity contribution < 1.29 is 4.79 Å². The van der Waals surface area contributed by atoms with Crippen molar-refractivity contribution in [3.8, 4) is 0 Å². The van der Waals surface area contributed by atoms with Crippen LogP contribution in [0.4, 0.5) is 5.69 Å². The SMILES string of the molecule is CCCN1C(=O)/C(=C/c2nc3ccccc3c(=O)n2C)c2ccccc21. The van der Waals surface area contributed by atoms with E-state index in [0.29, 0.717) is 28.8 Å². The minimum absolute atomic E-state index is 0.0459. The second-order valence-corrected chi connectivity index (χ2v) is 6.38. The molecule has 0 saturated heterocycles. The molecule has 3 aromatic rings. The fourth-order valence-electron chi connectivity index (χ4n) is 3.39.